The molecule has 1 amide bonds. The quantitative estimate of drug-likeness (QED) is 0.768. The predicted octanol–water partition coefficient (Wildman–Crippen LogP) is 3.48. The van der Waals surface area contributed by atoms with Crippen LogP contribution in [0, 0.1) is 0 Å². The number of carbonyl (C=O) groups excluding carboxylic acids is 1. The van der Waals surface area contributed by atoms with Gasteiger partial charge in [-0.3, -0.25) is 10.2 Å². The minimum atomic E-state index is -0.332. The van der Waals surface area contributed by atoms with E-state index >= 15 is 0 Å². The Kier molecular flexibility index (Phi) is 4.57. The van der Waals surface area contributed by atoms with Gasteiger partial charge < -0.3 is 9.47 Å². The van der Waals surface area contributed by atoms with Crippen LogP contribution < -0.4 is 14.9 Å². The van der Waals surface area contributed by atoms with Crippen molar-refractivity contribution in [2.75, 3.05) is 19.1 Å². The monoisotopic (exact) mass is 345 g/mol. The van der Waals surface area contributed by atoms with E-state index in [-0.39, 0.29) is 5.91 Å². The number of hydrogen-bond acceptors (Lipinski definition) is 4. The summed E-state index contributed by atoms with van der Waals surface area (Å²) >= 11 is 6.21. The first-order valence-corrected chi connectivity index (χ1v) is 7.75. The maximum atomic E-state index is 12.5. The lowest BCUT2D eigenvalue weighted by molar-refractivity contribution is 0.101. The lowest BCUT2D eigenvalue weighted by Gasteiger charge is -2.13. The average Bonchev–Trinajstić information content (AvgIpc) is 2.99. The highest BCUT2D eigenvalue weighted by Gasteiger charge is 2.16. The second-order valence-corrected chi connectivity index (χ2v) is 5.37. The standard InChI is InChI=1S/C17H16ClN3O3/c1-3-24-16-12(18)8-11(9-15(16)23-2)17(22)20-21-10-19-13-6-4-5-7-14(13)21/h4-10H,3H2,1-2H3,(H,20,22). The van der Waals surface area contributed by atoms with Gasteiger partial charge in [0.1, 0.15) is 6.33 Å². The number of imidazole rings is 1. The third kappa shape index (κ3) is 3.00. The smallest absolute Gasteiger partial charge is 0.270 e. The maximum Gasteiger partial charge on any atom is 0.270 e. The highest BCUT2D eigenvalue weighted by molar-refractivity contribution is 6.32. The molecule has 0 aliphatic heterocycles. The summed E-state index contributed by atoms with van der Waals surface area (Å²) in [6.45, 7) is 2.29. The summed E-state index contributed by atoms with van der Waals surface area (Å²) < 4.78 is 12.3. The number of fused-ring (bicyclic) bond motifs is 1. The van der Waals surface area contributed by atoms with Crippen LogP contribution in [0.2, 0.25) is 5.02 Å². The third-order valence-electron chi connectivity index (χ3n) is 3.46. The van der Waals surface area contributed by atoms with Gasteiger partial charge in [0.05, 0.1) is 29.8 Å². The molecule has 3 aromatic rings. The van der Waals surface area contributed by atoms with Crippen molar-refractivity contribution in [3.05, 3.63) is 53.3 Å². The van der Waals surface area contributed by atoms with Crippen LogP contribution in [0.5, 0.6) is 11.5 Å². The lowest BCUT2D eigenvalue weighted by Crippen LogP contribution is -2.22. The molecule has 1 aromatic heterocycles. The first-order chi connectivity index (χ1) is 11.6. The fraction of sp³-hybridized carbons (Fsp3) is 0.176. The van der Waals surface area contributed by atoms with Gasteiger partial charge in [-0.1, -0.05) is 23.7 Å². The summed E-state index contributed by atoms with van der Waals surface area (Å²) in [6.07, 6.45) is 1.55. The first-order valence-electron chi connectivity index (χ1n) is 7.37. The van der Waals surface area contributed by atoms with Gasteiger partial charge in [-0.25, -0.2) is 9.66 Å². The van der Waals surface area contributed by atoms with Crippen molar-refractivity contribution in [3.63, 3.8) is 0 Å². The lowest BCUT2D eigenvalue weighted by atomic mass is 10.2. The van der Waals surface area contributed by atoms with Crippen molar-refractivity contribution in [2.45, 2.75) is 6.92 Å². The number of carbonyl (C=O) groups is 1. The van der Waals surface area contributed by atoms with Crippen molar-refractivity contribution >= 4 is 28.5 Å². The molecule has 0 spiro atoms. The molecule has 124 valence electrons. The highest BCUT2D eigenvalue weighted by Crippen LogP contribution is 2.36. The summed E-state index contributed by atoms with van der Waals surface area (Å²) in [5, 5.41) is 0.317. The molecule has 7 heteroatoms. The van der Waals surface area contributed by atoms with E-state index in [1.165, 1.54) is 7.11 Å². The molecule has 2 aromatic carbocycles. The molecule has 6 nitrogen and oxygen atoms in total. The van der Waals surface area contributed by atoms with Crippen molar-refractivity contribution in [3.8, 4) is 11.5 Å². The minimum Gasteiger partial charge on any atom is -0.493 e. The number of ether oxygens (including phenoxy) is 2. The second kappa shape index (κ2) is 6.80. The van der Waals surface area contributed by atoms with Gasteiger partial charge in [0, 0.05) is 5.56 Å². The molecule has 0 bridgehead atoms. The Balaban J connectivity index is 1.91. The summed E-state index contributed by atoms with van der Waals surface area (Å²) in [7, 11) is 1.50. The zero-order valence-electron chi connectivity index (χ0n) is 13.2. The SMILES string of the molecule is CCOc1c(Cl)cc(C(=O)Nn2cnc3ccccc32)cc1OC. The molecule has 3 rings (SSSR count). The Hall–Kier alpha value is -2.73. The molecule has 0 aliphatic rings. The van der Waals surface area contributed by atoms with E-state index in [0.29, 0.717) is 28.7 Å². The van der Waals surface area contributed by atoms with Crippen molar-refractivity contribution in [1.29, 1.82) is 0 Å². The van der Waals surface area contributed by atoms with Crippen molar-refractivity contribution in [1.82, 2.24) is 9.66 Å². The molecule has 0 saturated heterocycles. The third-order valence-corrected chi connectivity index (χ3v) is 3.74. The number of nitrogens with zero attached hydrogens (tertiary/aromatic N) is 2. The number of para-hydroxylation sites is 2. The van der Waals surface area contributed by atoms with Crippen molar-refractivity contribution in [2.24, 2.45) is 0 Å². The van der Waals surface area contributed by atoms with Gasteiger partial charge in [0.2, 0.25) is 0 Å². The van der Waals surface area contributed by atoms with Crippen molar-refractivity contribution < 1.29 is 14.3 Å². The molecule has 0 aliphatic carbocycles. The van der Waals surface area contributed by atoms with E-state index in [1.807, 2.05) is 31.2 Å². The van der Waals surface area contributed by atoms with Gasteiger partial charge in [-0.15, -0.1) is 0 Å². The van der Waals surface area contributed by atoms with E-state index in [4.69, 9.17) is 21.1 Å². The largest absolute Gasteiger partial charge is 0.493 e. The molecule has 0 fully saturated rings. The van der Waals surface area contributed by atoms with Gasteiger partial charge in [-0.2, -0.15) is 0 Å². The number of aromatic nitrogens is 2. The number of nitrogens with one attached hydrogen (secondary N) is 1. The van der Waals surface area contributed by atoms with Gasteiger partial charge >= 0.3 is 0 Å². The highest BCUT2D eigenvalue weighted by atomic mass is 35.5. The summed E-state index contributed by atoms with van der Waals surface area (Å²) in [5.74, 6) is 0.498. The van der Waals surface area contributed by atoms with E-state index in [1.54, 1.807) is 23.1 Å². The number of hydrogen-bond donors (Lipinski definition) is 1. The molecular formula is C17H16ClN3O3. The Labute approximate surface area is 143 Å². The van der Waals surface area contributed by atoms with E-state index < -0.39 is 0 Å². The fourth-order valence-corrected chi connectivity index (χ4v) is 2.62. The molecule has 1 N–H and O–H groups in total. The number of halogens is 1. The second-order valence-electron chi connectivity index (χ2n) is 4.97. The maximum absolute atomic E-state index is 12.5. The molecule has 1 heterocycles. The molecule has 0 radical (unpaired) electrons. The number of rotatable bonds is 5. The topological polar surface area (TPSA) is 65.4 Å². The van der Waals surface area contributed by atoms with Crippen LogP contribution in [0.15, 0.2) is 42.7 Å². The first kappa shape index (κ1) is 16.1. The molecule has 0 saturated carbocycles. The predicted molar refractivity (Wildman–Crippen MR) is 92.6 cm³/mol. The zero-order valence-corrected chi connectivity index (χ0v) is 14.0. The van der Waals surface area contributed by atoms with Crippen LogP contribution in [-0.2, 0) is 0 Å². The Morgan fingerprint density at radius 1 is 1.33 bits per heavy atom. The van der Waals surface area contributed by atoms with Crippen LogP contribution >= 0.6 is 11.6 Å². The number of benzene rings is 2. The van der Waals surface area contributed by atoms with Gasteiger partial charge in [-0.05, 0) is 31.2 Å². The zero-order chi connectivity index (χ0) is 17.1. The summed E-state index contributed by atoms with van der Waals surface area (Å²) in [6, 6.07) is 10.6. The molecule has 0 atom stereocenters. The number of amides is 1. The van der Waals surface area contributed by atoms with E-state index in [2.05, 4.69) is 10.4 Å². The average molecular weight is 346 g/mol. The molecule has 24 heavy (non-hydrogen) atoms. The summed E-state index contributed by atoms with van der Waals surface area (Å²) in [4.78, 5) is 16.8. The van der Waals surface area contributed by atoms with Crippen LogP contribution in [0.4, 0.5) is 0 Å². The Bertz CT molecular complexity index is 892. The number of methoxy groups -OCH3 is 1. The normalized spacial score (nSPS) is 10.6. The molecular weight excluding hydrogens is 330 g/mol. The molecule has 0 unspecified atom stereocenters. The van der Waals surface area contributed by atoms with Gasteiger partial charge in [0.25, 0.3) is 5.91 Å². The van der Waals surface area contributed by atoms with Crippen LogP contribution in [0.1, 0.15) is 17.3 Å². The van der Waals surface area contributed by atoms with E-state index in [0.717, 1.165) is 11.0 Å². The van der Waals surface area contributed by atoms with Gasteiger partial charge in [0.15, 0.2) is 11.5 Å². The van der Waals surface area contributed by atoms with E-state index in [9.17, 15) is 4.79 Å². The van der Waals surface area contributed by atoms with Crippen LogP contribution in [-0.4, -0.2) is 29.3 Å². The van der Waals surface area contributed by atoms with Crippen LogP contribution in [0.3, 0.4) is 0 Å². The van der Waals surface area contributed by atoms with Crippen LogP contribution in [0.25, 0.3) is 11.0 Å². The Morgan fingerprint density at radius 3 is 2.88 bits per heavy atom. The minimum absolute atomic E-state index is 0.317. The Morgan fingerprint density at radius 2 is 2.12 bits per heavy atom. The summed E-state index contributed by atoms with van der Waals surface area (Å²) in [5.41, 5.74) is 4.72. The fourth-order valence-electron chi connectivity index (χ4n) is 2.36.